The van der Waals surface area contributed by atoms with E-state index >= 15 is 0 Å². The van der Waals surface area contributed by atoms with Crippen molar-refractivity contribution in [2.24, 2.45) is 12.8 Å². The zero-order valence-corrected chi connectivity index (χ0v) is 8.78. The molecule has 0 saturated carbocycles. The molecule has 0 aliphatic rings. The molecule has 0 amide bonds. The molecule has 1 aromatic carbocycles. The van der Waals surface area contributed by atoms with Gasteiger partial charge in [0.2, 0.25) is 0 Å². The average Bonchev–Trinajstić information content (AvgIpc) is 2.45. The number of para-hydroxylation sites is 1. The van der Waals surface area contributed by atoms with Gasteiger partial charge in [-0.05, 0) is 19.4 Å². The van der Waals surface area contributed by atoms with Crippen molar-refractivity contribution in [3.63, 3.8) is 0 Å². The number of hydrogen-bond donors (Lipinski definition) is 1. The minimum Gasteiger partial charge on any atom is -0.323 e. The Hall–Kier alpha value is -1.35. The SMILES string of the molecule is Cc1cccc2c([C@@H](C)N)nn(C)c12. The molecule has 0 aliphatic heterocycles. The Morgan fingerprint density at radius 1 is 1.43 bits per heavy atom. The van der Waals surface area contributed by atoms with E-state index in [0.717, 1.165) is 5.69 Å². The van der Waals surface area contributed by atoms with Crippen LogP contribution in [0.1, 0.15) is 24.2 Å². The van der Waals surface area contributed by atoms with Crippen LogP contribution in [-0.2, 0) is 7.05 Å². The van der Waals surface area contributed by atoms with Gasteiger partial charge < -0.3 is 5.73 Å². The molecule has 3 heteroatoms. The molecule has 2 rings (SSSR count). The first-order valence-corrected chi connectivity index (χ1v) is 4.79. The van der Waals surface area contributed by atoms with Gasteiger partial charge in [-0.3, -0.25) is 4.68 Å². The monoisotopic (exact) mass is 189 g/mol. The molecule has 0 aliphatic carbocycles. The summed E-state index contributed by atoms with van der Waals surface area (Å²) in [6, 6.07) is 6.20. The highest BCUT2D eigenvalue weighted by Crippen LogP contribution is 2.24. The highest BCUT2D eigenvalue weighted by atomic mass is 15.3. The first-order chi connectivity index (χ1) is 6.61. The van der Waals surface area contributed by atoms with Crippen molar-refractivity contribution >= 4 is 10.9 Å². The van der Waals surface area contributed by atoms with Crippen LogP contribution in [0.25, 0.3) is 10.9 Å². The molecular formula is C11H15N3. The van der Waals surface area contributed by atoms with E-state index in [0.29, 0.717) is 0 Å². The van der Waals surface area contributed by atoms with E-state index in [-0.39, 0.29) is 6.04 Å². The third kappa shape index (κ3) is 1.21. The van der Waals surface area contributed by atoms with Gasteiger partial charge in [0.1, 0.15) is 0 Å². The molecule has 14 heavy (non-hydrogen) atoms. The van der Waals surface area contributed by atoms with Crippen molar-refractivity contribution in [2.45, 2.75) is 19.9 Å². The molecule has 0 radical (unpaired) electrons. The highest BCUT2D eigenvalue weighted by molar-refractivity contribution is 5.85. The van der Waals surface area contributed by atoms with Crippen LogP contribution in [0.5, 0.6) is 0 Å². The maximum Gasteiger partial charge on any atom is 0.0867 e. The van der Waals surface area contributed by atoms with Crippen molar-refractivity contribution in [3.8, 4) is 0 Å². The molecule has 74 valence electrons. The Balaban J connectivity index is 2.84. The largest absolute Gasteiger partial charge is 0.323 e. The van der Waals surface area contributed by atoms with E-state index in [1.54, 1.807) is 0 Å². The van der Waals surface area contributed by atoms with Crippen molar-refractivity contribution < 1.29 is 0 Å². The number of benzene rings is 1. The minimum atomic E-state index is -0.0134. The quantitative estimate of drug-likeness (QED) is 0.744. The summed E-state index contributed by atoms with van der Waals surface area (Å²) in [6.07, 6.45) is 0. The lowest BCUT2D eigenvalue weighted by molar-refractivity contribution is 0.712. The molecule has 2 N–H and O–H groups in total. The zero-order valence-electron chi connectivity index (χ0n) is 8.78. The smallest absolute Gasteiger partial charge is 0.0867 e. The molecule has 3 nitrogen and oxygen atoms in total. The highest BCUT2D eigenvalue weighted by Gasteiger charge is 2.12. The summed E-state index contributed by atoms with van der Waals surface area (Å²) in [5, 5.41) is 5.61. The number of nitrogens with two attached hydrogens (primary N) is 1. The fourth-order valence-electron chi connectivity index (χ4n) is 1.90. The van der Waals surface area contributed by atoms with Gasteiger partial charge in [-0.15, -0.1) is 0 Å². The third-order valence-electron chi connectivity index (χ3n) is 2.53. The lowest BCUT2D eigenvalue weighted by Gasteiger charge is -2.00. The first kappa shape index (κ1) is 9.21. The molecule has 0 spiro atoms. The van der Waals surface area contributed by atoms with Crippen LogP contribution in [-0.4, -0.2) is 9.78 Å². The van der Waals surface area contributed by atoms with E-state index in [4.69, 9.17) is 5.73 Å². The van der Waals surface area contributed by atoms with Crippen LogP contribution in [0, 0.1) is 6.92 Å². The van der Waals surface area contributed by atoms with Crippen LogP contribution >= 0.6 is 0 Å². The summed E-state index contributed by atoms with van der Waals surface area (Å²) in [7, 11) is 1.96. The average molecular weight is 189 g/mol. The standard InChI is InChI=1S/C11H15N3/c1-7-5-4-6-9-10(8(2)12)13-14(3)11(7)9/h4-6,8H,12H2,1-3H3/t8-/m1/s1. The maximum atomic E-state index is 5.87. The summed E-state index contributed by atoms with van der Waals surface area (Å²) < 4.78 is 1.91. The first-order valence-electron chi connectivity index (χ1n) is 4.79. The lowest BCUT2D eigenvalue weighted by Crippen LogP contribution is -2.06. The number of rotatable bonds is 1. The lowest BCUT2D eigenvalue weighted by atomic mass is 10.1. The summed E-state index contributed by atoms with van der Waals surface area (Å²) in [4.78, 5) is 0. The van der Waals surface area contributed by atoms with Crippen LogP contribution in [0.15, 0.2) is 18.2 Å². The second-order valence-electron chi connectivity index (χ2n) is 3.77. The van der Waals surface area contributed by atoms with Crippen molar-refractivity contribution in [1.82, 2.24) is 9.78 Å². The number of hydrogen-bond acceptors (Lipinski definition) is 2. The maximum absolute atomic E-state index is 5.87. The third-order valence-corrected chi connectivity index (χ3v) is 2.53. The number of nitrogens with zero attached hydrogens (tertiary/aromatic N) is 2. The summed E-state index contributed by atoms with van der Waals surface area (Å²) in [6.45, 7) is 4.05. The Bertz CT molecular complexity index is 469. The van der Waals surface area contributed by atoms with Crippen LogP contribution < -0.4 is 5.73 Å². The second kappa shape index (κ2) is 3.10. The van der Waals surface area contributed by atoms with Gasteiger partial charge in [-0.2, -0.15) is 5.10 Å². The van der Waals surface area contributed by atoms with Gasteiger partial charge >= 0.3 is 0 Å². The van der Waals surface area contributed by atoms with Gasteiger partial charge in [0.15, 0.2) is 0 Å². The second-order valence-corrected chi connectivity index (χ2v) is 3.77. The molecule has 0 unspecified atom stereocenters. The van der Waals surface area contributed by atoms with Gasteiger partial charge in [0.25, 0.3) is 0 Å². The van der Waals surface area contributed by atoms with Crippen LogP contribution in [0.2, 0.25) is 0 Å². The van der Waals surface area contributed by atoms with E-state index in [1.807, 2.05) is 24.7 Å². The minimum absolute atomic E-state index is 0.0134. The Kier molecular flexibility index (Phi) is 2.04. The fourth-order valence-corrected chi connectivity index (χ4v) is 1.90. The van der Waals surface area contributed by atoms with Crippen molar-refractivity contribution in [3.05, 3.63) is 29.5 Å². The normalized spacial score (nSPS) is 13.4. The molecule has 0 saturated heterocycles. The summed E-state index contributed by atoms with van der Waals surface area (Å²) >= 11 is 0. The number of aromatic nitrogens is 2. The van der Waals surface area contributed by atoms with E-state index in [2.05, 4.69) is 24.2 Å². The molecular weight excluding hydrogens is 174 g/mol. The topological polar surface area (TPSA) is 43.8 Å². The molecule has 2 aromatic rings. The van der Waals surface area contributed by atoms with E-state index < -0.39 is 0 Å². The van der Waals surface area contributed by atoms with Crippen molar-refractivity contribution in [2.75, 3.05) is 0 Å². The Labute approximate surface area is 83.5 Å². The summed E-state index contributed by atoms with van der Waals surface area (Å²) in [5.41, 5.74) is 9.27. The molecule has 0 fully saturated rings. The number of fused-ring (bicyclic) bond motifs is 1. The van der Waals surface area contributed by atoms with Gasteiger partial charge in [0, 0.05) is 18.5 Å². The van der Waals surface area contributed by atoms with Gasteiger partial charge in [-0.1, -0.05) is 18.2 Å². The zero-order chi connectivity index (χ0) is 10.3. The van der Waals surface area contributed by atoms with E-state index in [9.17, 15) is 0 Å². The molecule has 1 heterocycles. The molecule has 0 bridgehead atoms. The van der Waals surface area contributed by atoms with Crippen molar-refractivity contribution in [1.29, 1.82) is 0 Å². The van der Waals surface area contributed by atoms with Gasteiger partial charge in [-0.25, -0.2) is 0 Å². The molecule has 1 aromatic heterocycles. The Morgan fingerprint density at radius 3 is 2.79 bits per heavy atom. The molecule has 1 atom stereocenters. The van der Waals surface area contributed by atoms with Crippen LogP contribution in [0.3, 0.4) is 0 Å². The number of aryl methyl sites for hydroxylation is 2. The predicted molar refractivity (Wildman–Crippen MR) is 58.1 cm³/mol. The summed E-state index contributed by atoms with van der Waals surface area (Å²) in [5.74, 6) is 0. The predicted octanol–water partition coefficient (Wildman–Crippen LogP) is 1.90. The van der Waals surface area contributed by atoms with E-state index in [1.165, 1.54) is 16.5 Å². The van der Waals surface area contributed by atoms with Crippen LogP contribution in [0.4, 0.5) is 0 Å². The van der Waals surface area contributed by atoms with Gasteiger partial charge in [0.05, 0.1) is 11.2 Å². The fraction of sp³-hybridized carbons (Fsp3) is 0.364. The Morgan fingerprint density at radius 2 is 2.14 bits per heavy atom.